The lowest BCUT2D eigenvalue weighted by Gasteiger charge is -2.10. The van der Waals surface area contributed by atoms with E-state index in [4.69, 9.17) is 18.9 Å². The third-order valence-electron chi connectivity index (χ3n) is 3.80. The number of nitro benzene ring substituents is 1. The van der Waals surface area contributed by atoms with E-state index in [1.165, 1.54) is 45.6 Å². The van der Waals surface area contributed by atoms with E-state index in [1.807, 2.05) is 0 Å². The summed E-state index contributed by atoms with van der Waals surface area (Å²) in [6.45, 7) is -0.551. The maximum atomic E-state index is 12.0. The van der Waals surface area contributed by atoms with Crippen molar-refractivity contribution in [2.45, 2.75) is 0 Å². The number of rotatable bonds is 9. The van der Waals surface area contributed by atoms with Crippen molar-refractivity contribution in [3.05, 3.63) is 58.2 Å². The van der Waals surface area contributed by atoms with Gasteiger partial charge < -0.3 is 24.3 Å². The Labute approximate surface area is 172 Å². The maximum Gasteiger partial charge on any atom is 0.331 e. The summed E-state index contributed by atoms with van der Waals surface area (Å²) < 4.78 is 20.2. The zero-order chi connectivity index (χ0) is 22.1. The summed E-state index contributed by atoms with van der Waals surface area (Å²) in [5.41, 5.74) is 0.668. The predicted molar refractivity (Wildman–Crippen MR) is 108 cm³/mol. The first-order valence-electron chi connectivity index (χ1n) is 8.56. The first kappa shape index (κ1) is 22.2. The van der Waals surface area contributed by atoms with Gasteiger partial charge in [0.15, 0.2) is 6.61 Å². The van der Waals surface area contributed by atoms with Crippen LogP contribution in [0, 0.1) is 10.1 Å². The molecule has 0 aromatic heterocycles. The molecule has 0 aliphatic rings. The molecule has 1 amide bonds. The van der Waals surface area contributed by atoms with Crippen LogP contribution >= 0.6 is 0 Å². The summed E-state index contributed by atoms with van der Waals surface area (Å²) in [5, 5.41) is 13.3. The molecule has 0 radical (unpaired) electrons. The lowest BCUT2D eigenvalue weighted by Crippen LogP contribution is -2.20. The van der Waals surface area contributed by atoms with Gasteiger partial charge in [-0.25, -0.2) is 4.79 Å². The van der Waals surface area contributed by atoms with E-state index in [0.29, 0.717) is 17.1 Å². The van der Waals surface area contributed by atoms with Gasteiger partial charge in [0.1, 0.15) is 17.2 Å². The van der Waals surface area contributed by atoms with Crippen LogP contribution in [-0.4, -0.2) is 44.7 Å². The van der Waals surface area contributed by atoms with Crippen molar-refractivity contribution in [1.29, 1.82) is 0 Å². The second-order valence-electron chi connectivity index (χ2n) is 5.78. The lowest BCUT2D eigenvalue weighted by atomic mass is 10.2. The van der Waals surface area contributed by atoms with Gasteiger partial charge in [-0.1, -0.05) is 0 Å². The topological polar surface area (TPSA) is 126 Å². The Morgan fingerprint density at radius 1 is 1.03 bits per heavy atom. The minimum atomic E-state index is -0.734. The highest BCUT2D eigenvalue weighted by Gasteiger charge is 2.14. The largest absolute Gasteiger partial charge is 0.497 e. The van der Waals surface area contributed by atoms with Gasteiger partial charge in [-0.15, -0.1) is 0 Å². The van der Waals surface area contributed by atoms with E-state index in [2.05, 4.69) is 5.32 Å². The molecule has 0 unspecified atom stereocenters. The van der Waals surface area contributed by atoms with Crippen LogP contribution in [-0.2, 0) is 14.3 Å². The van der Waals surface area contributed by atoms with Gasteiger partial charge >= 0.3 is 5.97 Å². The van der Waals surface area contributed by atoms with Crippen molar-refractivity contribution in [3.8, 4) is 17.2 Å². The van der Waals surface area contributed by atoms with Gasteiger partial charge in [0.25, 0.3) is 11.6 Å². The Balaban J connectivity index is 1.94. The van der Waals surface area contributed by atoms with Crippen molar-refractivity contribution >= 4 is 29.3 Å². The Morgan fingerprint density at radius 2 is 1.70 bits per heavy atom. The smallest absolute Gasteiger partial charge is 0.331 e. The number of nitrogens with one attached hydrogen (secondary N) is 1. The molecule has 0 saturated carbocycles. The maximum absolute atomic E-state index is 12.0. The number of carbonyl (C=O) groups is 2. The normalized spacial score (nSPS) is 10.4. The minimum absolute atomic E-state index is 0.107. The van der Waals surface area contributed by atoms with Crippen molar-refractivity contribution in [3.63, 3.8) is 0 Å². The number of nitro groups is 1. The Morgan fingerprint density at radius 3 is 2.27 bits per heavy atom. The van der Waals surface area contributed by atoms with E-state index in [9.17, 15) is 19.7 Å². The first-order chi connectivity index (χ1) is 14.4. The van der Waals surface area contributed by atoms with E-state index in [0.717, 1.165) is 6.08 Å². The van der Waals surface area contributed by atoms with Crippen molar-refractivity contribution in [2.75, 3.05) is 33.3 Å². The average Bonchev–Trinajstić information content (AvgIpc) is 2.75. The van der Waals surface area contributed by atoms with Crippen LogP contribution < -0.4 is 19.5 Å². The molecule has 2 aromatic rings. The molecule has 0 fully saturated rings. The fraction of sp³-hybridized carbons (Fsp3) is 0.200. The van der Waals surface area contributed by atoms with Crippen LogP contribution in [0.25, 0.3) is 6.08 Å². The van der Waals surface area contributed by atoms with Crippen molar-refractivity contribution in [1.82, 2.24) is 0 Å². The number of hydrogen-bond acceptors (Lipinski definition) is 8. The number of benzene rings is 2. The monoisotopic (exact) mass is 416 g/mol. The number of non-ortho nitro benzene ring substituents is 1. The van der Waals surface area contributed by atoms with Gasteiger partial charge in [0, 0.05) is 18.2 Å². The van der Waals surface area contributed by atoms with Crippen LogP contribution in [0.3, 0.4) is 0 Å². The molecule has 10 heteroatoms. The van der Waals surface area contributed by atoms with Gasteiger partial charge in [-0.3, -0.25) is 14.9 Å². The molecule has 0 bridgehead atoms. The molecule has 0 heterocycles. The molecule has 0 spiro atoms. The van der Waals surface area contributed by atoms with Crippen LogP contribution in [0.15, 0.2) is 42.5 Å². The number of amides is 1. The molecule has 0 aliphatic carbocycles. The zero-order valence-electron chi connectivity index (χ0n) is 16.5. The quantitative estimate of drug-likeness (QED) is 0.286. The highest BCUT2D eigenvalue weighted by Crippen LogP contribution is 2.29. The predicted octanol–water partition coefficient (Wildman–Crippen LogP) is 2.82. The fourth-order valence-corrected chi connectivity index (χ4v) is 2.36. The number of methoxy groups -OCH3 is 3. The molecule has 2 rings (SSSR count). The van der Waals surface area contributed by atoms with Crippen LogP contribution in [0.2, 0.25) is 0 Å². The van der Waals surface area contributed by atoms with Gasteiger partial charge in [-0.05, 0) is 29.8 Å². The summed E-state index contributed by atoms with van der Waals surface area (Å²) in [6.07, 6.45) is 2.65. The number of anilines is 1. The van der Waals surface area contributed by atoms with E-state index < -0.39 is 23.4 Å². The second-order valence-corrected chi connectivity index (χ2v) is 5.78. The molecular formula is C20H20N2O8. The van der Waals surface area contributed by atoms with Crippen LogP contribution in [0.5, 0.6) is 17.2 Å². The summed E-state index contributed by atoms with van der Waals surface area (Å²) in [4.78, 5) is 34.1. The number of ether oxygens (including phenoxy) is 4. The third-order valence-corrected chi connectivity index (χ3v) is 3.80. The molecule has 0 atom stereocenters. The third kappa shape index (κ3) is 6.23. The van der Waals surface area contributed by atoms with Crippen molar-refractivity contribution < 1.29 is 33.5 Å². The molecule has 1 N–H and O–H groups in total. The standard InChI is InChI=1S/C20H20N2O8/c1-27-15-8-13(9-16(11-15)28-2)4-7-20(24)30-12-19(23)21-17-6-5-14(22(25)26)10-18(17)29-3/h4-11H,12H2,1-3H3,(H,21,23)/b7-4+. The number of nitrogens with zero attached hydrogens (tertiary/aromatic N) is 1. The average molecular weight is 416 g/mol. The summed E-state index contributed by atoms with van der Waals surface area (Å²) in [7, 11) is 4.33. The Bertz CT molecular complexity index is 949. The van der Waals surface area contributed by atoms with Gasteiger partial charge in [0.2, 0.25) is 0 Å². The zero-order valence-corrected chi connectivity index (χ0v) is 16.5. The van der Waals surface area contributed by atoms with Crippen LogP contribution in [0.4, 0.5) is 11.4 Å². The highest BCUT2D eigenvalue weighted by molar-refractivity contribution is 5.95. The molecule has 30 heavy (non-hydrogen) atoms. The Kier molecular flexibility index (Phi) is 7.74. The fourth-order valence-electron chi connectivity index (χ4n) is 2.36. The van der Waals surface area contributed by atoms with Crippen LogP contribution in [0.1, 0.15) is 5.56 Å². The number of carbonyl (C=O) groups excluding carboxylic acids is 2. The SMILES string of the molecule is COc1cc(/C=C/C(=O)OCC(=O)Nc2ccc([N+](=O)[O-])cc2OC)cc(OC)c1. The highest BCUT2D eigenvalue weighted by atomic mass is 16.6. The van der Waals surface area contributed by atoms with Crippen molar-refractivity contribution in [2.24, 2.45) is 0 Å². The van der Waals surface area contributed by atoms with E-state index >= 15 is 0 Å². The second kappa shape index (κ2) is 10.5. The van der Waals surface area contributed by atoms with E-state index in [1.54, 1.807) is 18.2 Å². The molecule has 158 valence electrons. The summed E-state index contributed by atoms with van der Waals surface area (Å²) in [5.74, 6) is -0.150. The molecule has 0 saturated heterocycles. The minimum Gasteiger partial charge on any atom is -0.497 e. The lowest BCUT2D eigenvalue weighted by molar-refractivity contribution is -0.384. The first-order valence-corrected chi connectivity index (χ1v) is 8.56. The van der Waals surface area contributed by atoms with Gasteiger partial charge in [-0.2, -0.15) is 0 Å². The Hall–Kier alpha value is -4.08. The van der Waals surface area contributed by atoms with Gasteiger partial charge in [0.05, 0.1) is 38.0 Å². The van der Waals surface area contributed by atoms with E-state index in [-0.39, 0.29) is 17.1 Å². The summed E-state index contributed by atoms with van der Waals surface area (Å²) >= 11 is 0. The molecule has 2 aromatic carbocycles. The molecular weight excluding hydrogens is 396 g/mol. The number of hydrogen-bond donors (Lipinski definition) is 1. The molecule has 0 aliphatic heterocycles. The number of esters is 1. The molecule has 10 nitrogen and oxygen atoms in total. The summed E-state index contributed by atoms with van der Waals surface area (Å²) in [6, 6.07) is 8.79.